The molecule has 0 unspecified atom stereocenters. The molecule has 0 N–H and O–H groups in total. The molecule has 1 saturated heterocycles. The number of allylic oxidation sites excluding steroid dienone is 5. The van der Waals surface area contributed by atoms with E-state index < -0.39 is 22.8 Å². The van der Waals surface area contributed by atoms with Gasteiger partial charge in [-0.1, -0.05) is 43.2 Å². The third-order valence-electron chi connectivity index (χ3n) is 6.11. The summed E-state index contributed by atoms with van der Waals surface area (Å²) in [6.45, 7) is 2.18. The Morgan fingerprint density at radius 1 is 1.21 bits per heavy atom. The number of hydrogen-bond donors (Lipinski definition) is 0. The molecule has 0 bridgehead atoms. The molecule has 3 rings (SSSR count). The first kappa shape index (κ1) is 25.2. The lowest BCUT2D eigenvalue weighted by Crippen LogP contribution is -2.47. The van der Waals surface area contributed by atoms with Crippen LogP contribution in [-0.4, -0.2) is 28.0 Å². The lowest BCUT2D eigenvalue weighted by molar-refractivity contribution is -0.137. The number of carbonyl (C=O) groups excluding carboxylic acids is 1. The summed E-state index contributed by atoms with van der Waals surface area (Å²) in [6, 6.07) is 6.82. The Hall–Kier alpha value is -3.43. The van der Waals surface area contributed by atoms with E-state index in [9.17, 15) is 18.0 Å². The van der Waals surface area contributed by atoms with Gasteiger partial charge < -0.3 is 4.90 Å². The van der Waals surface area contributed by atoms with Crippen molar-refractivity contribution in [1.82, 2.24) is 4.90 Å². The Morgan fingerprint density at radius 3 is 2.47 bits per heavy atom. The van der Waals surface area contributed by atoms with Crippen LogP contribution in [0.25, 0.3) is 0 Å². The SMILES string of the molecule is C/C=C(\C=C/CN1C(=S)N(c2ccc(C#N)c(C(F)(F)F)c2)C(=O)C12CCCC2)/C=C/CC#N. The Balaban J connectivity index is 1.94. The monoisotopic (exact) mass is 484 g/mol. The fourth-order valence-corrected chi connectivity index (χ4v) is 4.87. The van der Waals surface area contributed by atoms with E-state index in [1.165, 1.54) is 11.0 Å². The van der Waals surface area contributed by atoms with Gasteiger partial charge in [-0.15, -0.1) is 0 Å². The van der Waals surface area contributed by atoms with Crippen molar-refractivity contribution in [3.05, 3.63) is 65.3 Å². The maximum atomic E-state index is 13.6. The second-order valence-corrected chi connectivity index (χ2v) is 8.43. The van der Waals surface area contributed by atoms with Crippen molar-refractivity contribution in [1.29, 1.82) is 10.5 Å². The van der Waals surface area contributed by atoms with Gasteiger partial charge in [-0.25, -0.2) is 0 Å². The van der Waals surface area contributed by atoms with Crippen LogP contribution in [-0.2, 0) is 11.0 Å². The van der Waals surface area contributed by atoms with Gasteiger partial charge in [-0.05, 0) is 55.8 Å². The summed E-state index contributed by atoms with van der Waals surface area (Å²) in [5.41, 5.74) is -1.60. The van der Waals surface area contributed by atoms with Crippen molar-refractivity contribution in [3.8, 4) is 12.1 Å². The van der Waals surface area contributed by atoms with Crippen LogP contribution in [0, 0.1) is 22.7 Å². The molecule has 1 aromatic rings. The number of alkyl halides is 3. The van der Waals surface area contributed by atoms with Crippen molar-refractivity contribution >= 4 is 28.9 Å². The number of anilines is 1. The van der Waals surface area contributed by atoms with Crippen LogP contribution in [0.5, 0.6) is 0 Å². The van der Waals surface area contributed by atoms with Crippen LogP contribution < -0.4 is 4.90 Å². The maximum absolute atomic E-state index is 13.6. The third kappa shape index (κ3) is 4.76. The molecule has 1 heterocycles. The molecule has 2 aliphatic rings. The minimum atomic E-state index is -4.74. The zero-order valence-corrected chi connectivity index (χ0v) is 19.4. The van der Waals surface area contributed by atoms with Crippen molar-refractivity contribution in [3.63, 3.8) is 0 Å². The molecule has 0 radical (unpaired) electrons. The molecule has 34 heavy (non-hydrogen) atoms. The number of carbonyl (C=O) groups is 1. The highest BCUT2D eigenvalue weighted by Crippen LogP contribution is 2.44. The van der Waals surface area contributed by atoms with E-state index in [-0.39, 0.29) is 16.7 Å². The van der Waals surface area contributed by atoms with Crippen LogP contribution in [0.2, 0.25) is 0 Å². The first-order valence-electron chi connectivity index (χ1n) is 10.8. The number of rotatable bonds is 6. The fraction of sp³-hybridized carbons (Fsp3) is 0.360. The molecule has 5 nitrogen and oxygen atoms in total. The van der Waals surface area contributed by atoms with Gasteiger partial charge in [0.15, 0.2) is 5.11 Å². The predicted molar refractivity (Wildman–Crippen MR) is 126 cm³/mol. The van der Waals surface area contributed by atoms with Gasteiger partial charge in [0, 0.05) is 6.54 Å². The van der Waals surface area contributed by atoms with E-state index in [1.807, 2.05) is 37.3 Å². The molecule has 1 amide bonds. The number of thiocarbonyl (C=S) groups is 1. The lowest BCUT2D eigenvalue weighted by Gasteiger charge is -2.31. The molecule has 2 fully saturated rings. The van der Waals surface area contributed by atoms with Gasteiger partial charge in [0.2, 0.25) is 0 Å². The summed E-state index contributed by atoms with van der Waals surface area (Å²) < 4.78 is 40.6. The zero-order chi connectivity index (χ0) is 24.9. The number of amides is 1. The van der Waals surface area contributed by atoms with E-state index in [0.29, 0.717) is 25.8 Å². The number of halogens is 3. The molecule has 0 aromatic heterocycles. The van der Waals surface area contributed by atoms with Gasteiger partial charge in [0.25, 0.3) is 5.91 Å². The molecule has 1 saturated carbocycles. The summed E-state index contributed by atoms with van der Waals surface area (Å²) >= 11 is 5.61. The summed E-state index contributed by atoms with van der Waals surface area (Å²) in [4.78, 5) is 16.5. The lowest BCUT2D eigenvalue weighted by atomic mass is 9.95. The Labute approximate surface area is 202 Å². The van der Waals surface area contributed by atoms with Crippen molar-refractivity contribution in [2.45, 2.75) is 50.7 Å². The topological polar surface area (TPSA) is 71.1 Å². The second-order valence-electron chi connectivity index (χ2n) is 8.07. The number of nitriles is 2. The van der Waals surface area contributed by atoms with Crippen LogP contribution >= 0.6 is 12.2 Å². The van der Waals surface area contributed by atoms with Crippen molar-refractivity contribution in [2.75, 3.05) is 11.4 Å². The quantitative estimate of drug-likeness (QED) is 0.377. The van der Waals surface area contributed by atoms with Crippen LogP contribution in [0.1, 0.15) is 50.2 Å². The van der Waals surface area contributed by atoms with Gasteiger partial charge in [0.1, 0.15) is 5.54 Å². The van der Waals surface area contributed by atoms with Crippen LogP contribution in [0.4, 0.5) is 18.9 Å². The van der Waals surface area contributed by atoms with Gasteiger partial charge in [0.05, 0.1) is 35.4 Å². The third-order valence-corrected chi connectivity index (χ3v) is 6.51. The van der Waals surface area contributed by atoms with Gasteiger partial charge in [-0.3, -0.25) is 9.69 Å². The molecule has 1 aliphatic carbocycles. The molecular weight excluding hydrogens is 461 g/mol. The first-order valence-corrected chi connectivity index (χ1v) is 11.2. The minimum Gasteiger partial charge on any atom is -0.330 e. The van der Waals surface area contributed by atoms with E-state index >= 15 is 0 Å². The largest absolute Gasteiger partial charge is 0.417 e. The second kappa shape index (κ2) is 10.2. The van der Waals surface area contributed by atoms with Crippen molar-refractivity contribution in [2.24, 2.45) is 0 Å². The van der Waals surface area contributed by atoms with E-state index in [4.69, 9.17) is 22.7 Å². The van der Waals surface area contributed by atoms with Gasteiger partial charge >= 0.3 is 6.18 Å². The summed E-state index contributed by atoms with van der Waals surface area (Å²) in [6.07, 6.45) is 7.48. The number of nitrogens with zero attached hydrogens (tertiary/aromatic N) is 4. The molecule has 0 atom stereocenters. The van der Waals surface area contributed by atoms with Gasteiger partial charge in [-0.2, -0.15) is 23.7 Å². The molecular formula is C25H23F3N4OS. The Morgan fingerprint density at radius 2 is 1.88 bits per heavy atom. The smallest absolute Gasteiger partial charge is 0.330 e. The standard InChI is InChI=1S/C25H23F3N4OS/c1-2-18(8-3-6-14-29)9-7-15-31-23(34)32(22(33)24(31)12-4-5-13-24)20-11-10-19(17-30)21(16-20)25(26,27)28/h2-3,7-11,16H,4-6,12-13,15H2,1H3/b8-3+,9-7-,18-2-. The fourth-order valence-electron chi connectivity index (χ4n) is 4.43. The highest BCUT2D eigenvalue weighted by Gasteiger charge is 2.56. The zero-order valence-electron chi connectivity index (χ0n) is 18.6. The van der Waals surface area contributed by atoms with E-state index in [2.05, 4.69) is 0 Å². The average molecular weight is 485 g/mol. The highest BCUT2D eigenvalue weighted by atomic mass is 32.1. The minimum absolute atomic E-state index is 0.00709. The summed E-state index contributed by atoms with van der Waals surface area (Å²) in [7, 11) is 0. The predicted octanol–water partition coefficient (Wildman–Crippen LogP) is 5.80. The van der Waals surface area contributed by atoms with Crippen LogP contribution in [0.15, 0.2) is 54.2 Å². The maximum Gasteiger partial charge on any atom is 0.417 e. The first-order chi connectivity index (χ1) is 16.2. The number of benzene rings is 1. The summed E-state index contributed by atoms with van der Waals surface area (Å²) in [5, 5.41) is 17.9. The number of hydrogen-bond acceptors (Lipinski definition) is 4. The summed E-state index contributed by atoms with van der Waals surface area (Å²) in [5.74, 6) is -0.332. The highest BCUT2D eigenvalue weighted by molar-refractivity contribution is 7.80. The molecule has 1 aromatic carbocycles. The molecule has 1 spiro atoms. The Bertz CT molecular complexity index is 1150. The van der Waals surface area contributed by atoms with Crippen molar-refractivity contribution < 1.29 is 18.0 Å². The average Bonchev–Trinajstić information content (AvgIpc) is 3.37. The Kier molecular flexibility index (Phi) is 7.58. The van der Waals surface area contributed by atoms with Crippen LogP contribution in [0.3, 0.4) is 0 Å². The molecule has 1 aliphatic heterocycles. The van der Waals surface area contributed by atoms with E-state index in [0.717, 1.165) is 30.5 Å². The van der Waals surface area contributed by atoms with E-state index in [1.54, 1.807) is 17.0 Å². The molecule has 176 valence electrons. The normalized spacial score (nSPS) is 18.5. The molecule has 9 heteroatoms.